The van der Waals surface area contributed by atoms with Crippen LogP contribution in [0.5, 0.6) is 17.2 Å². The number of carbonyl (C=O) groups is 1. The Kier molecular flexibility index (Phi) is 8.72. The molecule has 0 N–H and O–H groups in total. The maximum Gasteiger partial charge on any atom is 0.314 e. The molecule has 0 heterocycles. The van der Waals surface area contributed by atoms with Gasteiger partial charge in [0.15, 0.2) is 34.7 Å². The van der Waals surface area contributed by atoms with Crippen LogP contribution >= 0.6 is 0 Å². The van der Waals surface area contributed by atoms with Crippen molar-refractivity contribution in [1.29, 1.82) is 0 Å². The molecule has 4 nitrogen and oxygen atoms in total. The van der Waals surface area contributed by atoms with Crippen LogP contribution in [0.2, 0.25) is 0 Å². The predicted octanol–water partition coefficient (Wildman–Crippen LogP) is 7.87. The summed E-state index contributed by atoms with van der Waals surface area (Å²) in [4.78, 5) is 12.6. The lowest BCUT2D eigenvalue weighted by molar-refractivity contribution is -0.140. The van der Waals surface area contributed by atoms with Gasteiger partial charge in [-0.05, 0) is 75.3 Å². The van der Waals surface area contributed by atoms with E-state index in [-0.39, 0.29) is 43.1 Å². The number of rotatable bonds is 8. The number of benzene rings is 3. The maximum atomic E-state index is 15.1. The van der Waals surface area contributed by atoms with Crippen molar-refractivity contribution in [1.82, 2.24) is 0 Å². The van der Waals surface area contributed by atoms with Crippen LogP contribution in [0.4, 0.5) is 26.3 Å². The van der Waals surface area contributed by atoms with E-state index in [2.05, 4.69) is 0 Å². The van der Waals surface area contributed by atoms with Crippen LogP contribution in [0.15, 0.2) is 36.4 Å². The van der Waals surface area contributed by atoms with Gasteiger partial charge in [-0.1, -0.05) is 12.1 Å². The van der Waals surface area contributed by atoms with Crippen LogP contribution < -0.4 is 14.2 Å². The summed E-state index contributed by atoms with van der Waals surface area (Å²) in [5, 5.41) is 0. The number of hydrogen-bond acceptors (Lipinski definition) is 4. The first-order valence-electron chi connectivity index (χ1n) is 12.6. The van der Waals surface area contributed by atoms with Crippen LogP contribution in [0.1, 0.15) is 51.0 Å². The summed E-state index contributed by atoms with van der Waals surface area (Å²) in [5.74, 6) is -10.8. The van der Waals surface area contributed by atoms with Crippen molar-refractivity contribution < 1.29 is 45.3 Å². The lowest BCUT2D eigenvalue weighted by atomic mass is 9.78. The fourth-order valence-electron chi connectivity index (χ4n) is 4.79. The van der Waals surface area contributed by atoms with Crippen LogP contribution in [0.25, 0.3) is 11.1 Å². The molecule has 3 aromatic rings. The molecule has 4 rings (SSSR count). The van der Waals surface area contributed by atoms with E-state index in [1.807, 2.05) is 0 Å². The zero-order valence-corrected chi connectivity index (χ0v) is 21.3. The highest BCUT2D eigenvalue weighted by atomic mass is 19.2. The monoisotopic (exact) mass is 552 g/mol. The highest BCUT2D eigenvalue weighted by Gasteiger charge is 2.32. The van der Waals surface area contributed by atoms with Gasteiger partial charge in [0, 0.05) is 11.1 Å². The van der Waals surface area contributed by atoms with Gasteiger partial charge in [0.2, 0.25) is 17.5 Å². The molecule has 1 fully saturated rings. The number of esters is 1. The summed E-state index contributed by atoms with van der Waals surface area (Å²) in [6.45, 7) is 3.44. The van der Waals surface area contributed by atoms with Crippen LogP contribution in [0.3, 0.4) is 0 Å². The second-order valence-corrected chi connectivity index (χ2v) is 9.10. The van der Waals surface area contributed by atoms with Crippen molar-refractivity contribution in [3.63, 3.8) is 0 Å². The molecule has 0 aliphatic heterocycles. The molecule has 0 unspecified atom stereocenters. The van der Waals surface area contributed by atoms with Crippen LogP contribution in [0, 0.1) is 40.8 Å². The minimum atomic E-state index is -1.35. The molecule has 1 saturated carbocycles. The molecule has 3 aromatic carbocycles. The summed E-state index contributed by atoms with van der Waals surface area (Å²) in [7, 11) is 0. The summed E-state index contributed by atoms with van der Waals surface area (Å²) < 4.78 is 102. The number of ether oxygens (including phenoxy) is 3. The highest BCUT2D eigenvalue weighted by molar-refractivity contribution is 5.75. The first kappa shape index (κ1) is 28.3. The average molecular weight is 553 g/mol. The van der Waals surface area contributed by atoms with Crippen LogP contribution in [-0.2, 0) is 4.79 Å². The zero-order chi connectivity index (χ0) is 28.3. The molecule has 0 amide bonds. The van der Waals surface area contributed by atoms with E-state index in [4.69, 9.17) is 14.2 Å². The standard InChI is InChI=1S/C29H26F6O4/c1-3-37-20-12-11-19(25(32)26(20)33)18-10-9-17(23(30)24(18)31)15-5-7-16(8-6-15)29(36)39-22-14-13-21(38-4-2)27(34)28(22)35/h9-16H,3-8H2,1-2H3. The van der Waals surface area contributed by atoms with Crippen molar-refractivity contribution in [3.8, 4) is 28.4 Å². The summed E-state index contributed by atoms with van der Waals surface area (Å²) in [6.07, 6.45) is 1.07. The van der Waals surface area contributed by atoms with Gasteiger partial charge < -0.3 is 14.2 Å². The molecule has 208 valence electrons. The summed E-state index contributed by atoms with van der Waals surface area (Å²) in [6, 6.07) is 7.05. The number of carbonyl (C=O) groups excluding carboxylic acids is 1. The first-order valence-corrected chi connectivity index (χ1v) is 12.6. The van der Waals surface area contributed by atoms with E-state index in [0.717, 1.165) is 24.3 Å². The minimum Gasteiger partial charge on any atom is -0.491 e. The smallest absolute Gasteiger partial charge is 0.314 e. The second kappa shape index (κ2) is 12.0. The Bertz CT molecular complexity index is 1370. The van der Waals surface area contributed by atoms with Gasteiger partial charge in [-0.2, -0.15) is 13.2 Å². The normalized spacial score (nSPS) is 17.1. The minimum absolute atomic E-state index is 0.0505. The third-order valence-electron chi connectivity index (χ3n) is 6.77. The molecule has 0 bridgehead atoms. The van der Waals surface area contributed by atoms with Gasteiger partial charge in [-0.15, -0.1) is 0 Å². The van der Waals surface area contributed by atoms with Crippen molar-refractivity contribution in [3.05, 3.63) is 76.9 Å². The van der Waals surface area contributed by atoms with E-state index < -0.39 is 69.6 Å². The van der Waals surface area contributed by atoms with E-state index in [1.165, 1.54) is 12.1 Å². The molecule has 0 saturated heterocycles. The van der Waals surface area contributed by atoms with Crippen molar-refractivity contribution in [2.24, 2.45) is 5.92 Å². The third kappa shape index (κ3) is 5.69. The zero-order valence-electron chi connectivity index (χ0n) is 21.3. The molecule has 1 aliphatic rings. The molecule has 0 radical (unpaired) electrons. The Labute approximate surface area is 221 Å². The molecular formula is C29H26F6O4. The van der Waals surface area contributed by atoms with E-state index in [1.54, 1.807) is 13.8 Å². The van der Waals surface area contributed by atoms with Crippen molar-refractivity contribution in [2.45, 2.75) is 45.4 Å². The Morgan fingerprint density at radius 2 is 1.10 bits per heavy atom. The lowest BCUT2D eigenvalue weighted by Crippen LogP contribution is -2.26. The number of hydrogen-bond donors (Lipinski definition) is 0. The van der Waals surface area contributed by atoms with Gasteiger partial charge in [0.25, 0.3) is 0 Å². The molecular weight excluding hydrogens is 526 g/mol. The highest BCUT2D eigenvalue weighted by Crippen LogP contribution is 2.40. The summed E-state index contributed by atoms with van der Waals surface area (Å²) in [5.41, 5.74) is -0.824. The SMILES string of the molecule is CCOc1ccc(OC(=O)C2CCC(c3ccc(-c4ccc(OCC)c(F)c4F)c(F)c3F)CC2)c(F)c1F. The number of halogens is 6. The Morgan fingerprint density at radius 3 is 1.69 bits per heavy atom. The van der Waals surface area contributed by atoms with E-state index in [9.17, 15) is 22.4 Å². The molecule has 0 spiro atoms. The fourth-order valence-corrected chi connectivity index (χ4v) is 4.79. The van der Waals surface area contributed by atoms with Crippen molar-refractivity contribution >= 4 is 5.97 Å². The molecule has 39 heavy (non-hydrogen) atoms. The second-order valence-electron chi connectivity index (χ2n) is 9.10. The van der Waals surface area contributed by atoms with Gasteiger partial charge in [-0.25, -0.2) is 13.2 Å². The third-order valence-corrected chi connectivity index (χ3v) is 6.77. The average Bonchev–Trinajstić information content (AvgIpc) is 2.93. The van der Waals surface area contributed by atoms with Gasteiger partial charge in [-0.3, -0.25) is 4.79 Å². The summed E-state index contributed by atoms with van der Waals surface area (Å²) >= 11 is 0. The molecule has 0 aromatic heterocycles. The molecule has 1 aliphatic carbocycles. The first-order chi connectivity index (χ1) is 18.7. The van der Waals surface area contributed by atoms with E-state index in [0.29, 0.717) is 12.8 Å². The van der Waals surface area contributed by atoms with Gasteiger partial charge in [0.1, 0.15) is 0 Å². The lowest BCUT2D eigenvalue weighted by Gasteiger charge is -2.28. The predicted molar refractivity (Wildman–Crippen MR) is 131 cm³/mol. The van der Waals surface area contributed by atoms with E-state index >= 15 is 8.78 Å². The Balaban J connectivity index is 1.45. The largest absolute Gasteiger partial charge is 0.491 e. The fraction of sp³-hybridized carbons (Fsp3) is 0.345. The van der Waals surface area contributed by atoms with Crippen molar-refractivity contribution in [2.75, 3.05) is 13.2 Å². The van der Waals surface area contributed by atoms with Crippen LogP contribution in [-0.4, -0.2) is 19.2 Å². The van der Waals surface area contributed by atoms with Gasteiger partial charge in [0.05, 0.1) is 19.1 Å². The maximum absolute atomic E-state index is 15.1. The Hall–Kier alpha value is -3.69. The van der Waals surface area contributed by atoms with Gasteiger partial charge >= 0.3 is 5.97 Å². The topological polar surface area (TPSA) is 44.8 Å². The molecule has 10 heteroatoms. The molecule has 0 atom stereocenters. The Morgan fingerprint density at radius 1 is 0.641 bits per heavy atom. The quantitative estimate of drug-likeness (QED) is 0.162.